The van der Waals surface area contributed by atoms with E-state index in [0.717, 1.165) is 30.5 Å². The van der Waals surface area contributed by atoms with Gasteiger partial charge >= 0.3 is 5.97 Å². The van der Waals surface area contributed by atoms with Gasteiger partial charge in [0.15, 0.2) is 16.6 Å². The summed E-state index contributed by atoms with van der Waals surface area (Å²) in [5, 5.41) is 6.80. The molecule has 2 aromatic carbocycles. The fraction of sp³-hybridized carbons (Fsp3) is 0.364. The van der Waals surface area contributed by atoms with Crippen molar-refractivity contribution >= 4 is 29.0 Å². The van der Waals surface area contributed by atoms with Crippen LogP contribution >= 0.6 is 12.2 Å². The number of rotatable bonds is 10. The summed E-state index contributed by atoms with van der Waals surface area (Å²) in [7, 11) is 3.24. The van der Waals surface area contributed by atoms with Crippen molar-refractivity contribution in [3.05, 3.63) is 53.6 Å². The second kappa shape index (κ2) is 11.9. The molecule has 0 saturated heterocycles. The van der Waals surface area contributed by atoms with Crippen LogP contribution in [-0.2, 0) is 11.2 Å². The normalized spacial score (nSPS) is 10.2. The Morgan fingerprint density at radius 3 is 2.41 bits per heavy atom. The van der Waals surface area contributed by atoms with Gasteiger partial charge in [0.2, 0.25) is 0 Å². The van der Waals surface area contributed by atoms with Gasteiger partial charge in [-0.1, -0.05) is 19.4 Å². The standard InChI is InChI=1S/C22H28N2O4S/c1-4-5-14-28-21(25)17-7-9-18(10-8-17)24-22(29)23-13-12-16-6-11-19(26-2)20(15-16)27-3/h6-11,15H,4-5,12-14H2,1-3H3,(H2,23,24,29). The minimum absolute atomic E-state index is 0.305. The van der Waals surface area contributed by atoms with Gasteiger partial charge in [0, 0.05) is 12.2 Å². The van der Waals surface area contributed by atoms with Crippen LogP contribution in [0.5, 0.6) is 11.5 Å². The molecule has 0 aliphatic rings. The minimum Gasteiger partial charge on any atom is -0.493 e. The summed E-state index contributed by atoms with van der Waals surface area (Å²) >= 11 is 5.34. The van der Waals surface area contributed by atoms with Crippen LogP contribution in [0.25, 0.3) is 0 Å². The van der Waals surface area contributed by atoms with Crippen molar-refractivity contribution in [3.8, 4) is 11.5 Å². The van der Waals surface area contributed by atoms with Crippen molar-refractivity contribution in [2.75, 3.05) is 32.7 Å². The lowest BCUT2D eigenvalue weighted by atomic mass is 10.1. The average molecular weight is 417 g/mol. The molecule has 0 heterocycles. The second-order valence-corrected chi connectivity index (χ2v) is 6.80. The summed E-state index contributed by atoms with van der Waals surface area (Å²) < 4.78 is 15.8. The molecule has 0 radical (unpaired) electrons. The van der Waals surface area contributed by atoms with Crippen molar-refractivity contribution in [3.63, 3.8) is 0 Å². The summed E-state index contributed by atoms with van der Waals surface area (Å²) in [5.74, 6) is 1.11. The van der Waals surface area contributed by atoms with Crippen LogP contribution in [0.3, 0.4) is 0 Å². The number of ether oxygens (including phenoxy) is 3. The Labute approximate surface area is 177 Å². The van der Waals surface area contributed by atoms with Gasteiger partial charge in [-0.15, -0.1) is 0 Å². The number of nitrogens with one attached hydrogen (secondary N) is 2. The quantitative estimate of drug-likeness (QED) is 0.342. The third kappa shape index (κ3) is 7.27. The van der Waals surface area contributed by atoms with Crippen molar-refractivity contribution < 1.29 is 19.0 Å². The molecule has 6 nitrogen and oxygen atoms in total. The van der Waals surface area contributed by atoms with E-state index in [1.165, 1.54) is 0 Å². The van der Waals surface area contributed by atoms with Crippen LogP contribution in [-0.4, -0.2) is 38.5 Å². The zero-order chi connectivity index (χ0) is 21.1. The van der Waals surface area contributed by atoms with E-state index in [0.29, 0.717) is 35.3 Å². The van der Waals surface area contributed by atoms with Crippen LogP contribution < -0.4 is 20.1 Å². The van der Waals surface area contributed by atoms with Gasteiger partial charge in [0.05, 0.1) is 26.4 Å². The van der Waals surface area contributed by atoms with Crippen LogP contribution in [0, 0.1) is 0 Å². The molecule has 0 aliphatic heterocycles. The van der Waals surface area contributed by atoms with Gasteiger partial charge in [-0.3, -0.25) is 0 Å². The van der Waals surface area contributed by atoms with Crippen LogP contribution in [0.1, 0.15) is 35.7 Å². The Balaban J connectivity index is 1.78. The highest BCUT2D eigenvalue weighted by molar-refractivity contribution is 7.80. The fourth-order valence-corrected chi connectivity index (χ4v) is 2.83. The molecular formula is C22H28N2O4S. The molecule has 0 aliphatic carbocycles. The number of unbranched alkanes of at least 4 members (excludes halogenated alkanes) is 1. The number of anilines is 1. The van der Waals surface area contributed by atoms with E-state index in [4.69, 9.17) is 26.4 Å². The van der Waals surface area contributed by atoms with E-state index in [9.17, 15) is 4.79 Å². The zero-order valence-corrected chi connectivity index (χ0v) is 17.9. The summed E-state index contributed by atoms with van der Waals surface area (Å²) in [6.07, 6.45) is 2.64. The first-order chi connectivity index (χ1) is 14.1. The summed E-state index contributed by atoms with van der Waals surface area (Å²) in [5.41, 5.74) is 2.45. The molecule has 0 atom stereocenters. The van der Waals surface area contributed by atoms with Crippen LogP contribution in [0.15, 0.2) is 42.5 Å². The molecule has 156 valence electrons. The Kier molecular flexibility index (Phi) is 9.24. The minimum atomic E-state index is -0.305. The molecule has 29 heavy (non-hydrogen) atoms. The lowest BCUT2D eigenvalue weighted by Crippen LogP contribution is -2.30. The molecule has 0 saturated carbocycles. The van der Waals surface area contributed by atoms with E-state index in [1.807, 2.05) is 18.2 Å². The van der Waals surface area contributed by atoms with E-state index in [1.54, 1.807) is 38.5 Å². The molecule has 0 fully saturated rings. The Hall–Kier alpha value is -2.80. The number of hydrogen-bond donors (Lipinski definition) is 2. The maximum atomic E-state index is 11.9. The first-order valence-corrected chi connectivity index (χ1v) is 10.0. The molecule has 0 bridgehead atoms. The van der Waals surface area contributed by atoms with Crippen molar-refractivity contribution in [1.29, 1.82) is 0 Å². The smallest absolute Gasteiger partial charge is 0.338 e. The summed E-state index contributed by atoms with van der Waals surface area (Å²) in [6, 6.07) is 12.9. The average Bonchev–Trinajstić information content (AvgIpc) is 2.74. The van der Waals surface area contributed by atoms with E-state index in [2.05, 4.69) is 17.6 Å². The topological polar surface area (TPSA) is 68.8 Å². The molecule has 0 aromatic heterocycles. The number of carbonyl (C=O) groups excluding carboxylic acids is 1. The van der Waals surface area contributed by atoms with Crippen molar-refractivity contribution in [2.24, 2.45) is 0 Å². The highest BCUT2D eigenvalue weighted by atomic mass is 32.1. The summed E-state index contributed by atoms with van der Waals surface area (Å²) in [6.45, 7) is 3.17. The van der Waals surface area contributed by atoms with Gasteiger partial charge in [0.25, 0.3) is 0 Å². The number of thiocarbonyl (C=S) groups is 1. The van der Waals surface area contributed by atoms with E-state index in [-0.39, 0.29) is 5.97 Å². The monoisotopic (exact) mass is 416 g/mol. The first kappa shape index (κ1) is 22.5. The Bertz CT molecular complexity index is 809. The third-order valence-electron chi connectivity index (χ3n) is 4.26. The third-order valence-corrected chi connectivity index (χ3v) is 4.50. The molecule has 0 spiro atoms. The Morgan fingerprint density at radius 1 is 1.03 bits per heavy atom. The molecule has 2 N–H and O–H groups in total. The largest absolute Gasteiger partial charge is 0.493 e. The van der Waals surface area contributed by atoms with Gasteiger partial charge in [0.1, 0.15) is 0 Å². The zero-order valence-electron chi connectivity index (χ0n) is 17.1. The molecule has 7 heteroatoms. The highest BCUT2D eigenvalue weighted by Crippen LogP contribution is 2.27. The molecule has 0 amide bonds. The van der Waals surface area contributed by atoms with Gasteiger partial charge in [-0.25, -0.2) is 4.79 Å². The highest BCUT2D eigenvalue weighted by Gasteiger charge is 2.07. The van der Waals surface area contributed by atoms with E-state index >= 15 is 0 Å². The SMILES string of the molecule is CCCCOC(=O)c1ccc(NC(=S)NCCc2ccc(OC)c(OC)c2)cc1. The van der Waals surface area contributed by atoms with Crippen molar-refractivity contribution in [1.82, 2.24) is 5.32 Å². The predicted molar refractivity (Wildman–Crippen MR) is 119 cm³/mol. The molecule has 2 rings (SSSR count). The lowest BCUT2D eigenvalue weighted by molar-refractivity contribution is 0.0500. The Morgan fingerprint density at radius 2 is 1.76 bits per heavy atom. The van der Waals surface area contributed by atoms with Gasteiger partial charge < -0.3 is 24.8 Å². The van der Waals surface area contributed by atoms with Gasteiger partial charge in [-0.05, 0) is 67.0 Å². The van der Waals surface area contributed by atoms with Crippen molar-refractivity contribution in [2.45, 2.75) is 26.2 Å². The maximum absolute atomic E-state index is 11.9. The number of methoxy groups -OCH3 is 2. The van der Waals surface area contributed by atoms with Gasteiger partial charge in [-0.2, -0.15) is 0 Å². The number of hydrogen-bond acceptors (Lipinski definition) is 5. The van der Waals surface area contributed by atoms with Crippen LogP contribution in [0.2, 0.25) is 0 Å². The summed E-state index contributed by atoms with van der Waals surface area (Å²) in [4.78, 5) is 11.9. The maximum Gasteiger partial charge on any atom is 0.338 e. The second-order valence-electron chi connectivity index (χ2n) is 6.39. The fourth-order valence-electron chi connectivity index (χ4n) is 2.61. The predicted octanol–water partition coefficient (Wildman–Crippen LogP) is 4.19. The molecule has 2 aromatic rings. The molecular weight excluding hydrogens is 388 g/mol. The van der Waals surface area contributed by atoms with E-state index < -0.39 is 0 Å². The molecule has 0 unspecified atom stereocenters. The lowest BCUT2D eigenvalue weighted by Gasteiger charge is -2.12. The number of carbonyl (C=O) groups is 1. The number of esters is 1. The van der Waals surface area contributed by atoms with Crippen LogP contribution in [0.4, 0.5) is 5.69 Å². The number of benzene rings is 2. The first-order valence-electron chi connectivity index (χ1n) is 9.60.